The van der Waals surface area contributed by atoms with Crippen molar-refractivity contribution in [2.75, 3.05) is 11.9 Å². The summed E-state index contributed by atoms with van der Waals surface area (Å²) in [5.41, 5.74) is 0.159. The van der Waals surface area contributed by atoms with Crippen LogP contribution < -0.4 is 10.1 Å². The lowest BCUT2D eigenvalue weighted by Gasteiger charge is -2.24. The van der Waals surface area contributed by atoms with Crippen LogP contribution in [0.1, 0.15) is 6.42 Å². The number of anilines is 1. The topological polar surface area (TPSA) is 102 Å². The van der Waals surface area contributed by atoms with Crippen molar-refractivity contribution in [3.8, 4) is 5.75 Å². The van der Waals surface area contributed by atoms with Gasteiger partial charge in [0.05, 0.1) is 10.6 Å². The molecule has 0 aromatic heterocycles. The second-order valence-corrected chi connectivity index (χ2v) is 3.55. The largest absolute Gasteiger partial charge is 0.478 e. The van der Waals surface area contributed by atoms with Gasteiger partial charge in [0, 0.05) is 25.2 Å². The Labute approximate surface area is 96.2 Å². The molecule has 1 aliphatic heterocycles. The molecular formula is C10H10N2O5. The number of hydrogen-bond acceptors (Lipinski definition) is 5. The average molecular weight is 238 g/mol. The fourth-order valence-electron chi connectivity index (χ4n) is 1.56. The number of nitro benzene ring substituents is 1. The molecule has 0 spiro atoms. The summed E-state index contributed by atoms with van der Waals surface area (Å²) in [7, 11) is 0. The van der Waals surface area contributed by atoms with Crippen molar-refractivity contribution in [1.82, 2.24) is 0 Å². The van der Waals surface area contributed by atoms with Crippen molar-refractivity contribution in [2.45, 2.75) is 12.5 Å². The molecule has 7 heteroatoms. The number of aliphatic hydroxyl groups is 1. The first-order valence-electron chi connectivity index (χ1n) is 4.98. The van der Waals surface area contributed by atoms with Crippen molar-refractivity contribution < 1.29 is 19.6 Å². The van der Waals surface area contributed by atoms with Gasteiger partial charge in [-0.3, -0.25) is 14.9 Å². The Morgan fingerprint density at radius 1 is 1.53 bits per heavy atom. The summed E-state index contributed by atoms with van der Waals surface area (Å²) in [5, 5.41) is 21.8. The smallest absolute Gasteiger partial charge is 0.271 e. The minimum atomic E-state index is -0.756. The number of non-ortho nitro benzene ring substituents is 1. The van der Waals surface area contributed by atoms with Crippen LogP contribution in [0.25, 0.3) is 0 Å². The summed E-state index contributed by atoms with van der Waals surface area (Å²) in [6, 6.07) is 3.96. The first-order chi connectivity index (χ1) is 8.11. The zero-order valence-corrected chi connectivity index (χ0v) is 8.75. The standard InChI is InChI=1S/C10H10N2O5/c13-4-3-9-10(14)11-7-5-6(12(15)16)1-2-8(7)17-9/h1-2,5,9,13H,3-4H2,(H,11,14)/t9-/m1/s1. The van der Waals surface area contributed by atoms with Gasteiger partial charge < -0.3 is 15.2 Å². The SMILES string of the molecule is O=C1Nc2cc([N+](=O)[O-])ccc2O[C@@H]1CCO. The molecule has 1 heterocycles. The number of fused-ring (bicyclic) bond motifs is 1. The molecule has 90 valence electrons. The van der Waals surface area contributed by atoms with Crippen molar-refractivity contribution in [3.05, 3.63) is 28.3 Å². The van der Waals surface area contributed by atoms with E-state index in [1.165, 1.54) is 18.2 Å². The number of hydrogen-bond donors (Lipinski definition) is 2. The van der Waals surface area contributed by atoms with Crippen LogP contribution in [0.5, 0.6) is 5.75 Å². The summed E-state index contributed by atoms with van der Waals surface area (Å²) >= 11 is 0. The Hall–Kier alpha value is -2.15. The second-order valence-electron chi connectivity index (χ2n) is 3.55. The monoisotopic (exact) mass is 238 g/mol. The van der Waals surface area contributed by atoms with Gasteiger partial charge in [-0.1, -0.05) is 0 Å². The minimum absolute atomic E-state index is 0.117. The Morgan fingerprint density at radius 3 is 2.94 bits per heavy atom. The number of rotatable bonds is 3. The van der Waals surface area contributed by atoms with E-state index < -0.39 is 16.9 Å². The Morgan fingerprint density at radius 2 is 2.29 bits per heavy atom. The van der Waals surface area contributed by atoms with Gasteiger partial charge in [0.2, 0.25) is 0 Å². The fraction of sp³-hybridized carbons (Fsp3) is 0.300. The third kappa shape index (κ3) is 2.18. The molecule has 1 amide bonds. The zero-order chi connectivity index (χ0) is 12.4. The molecule has 2 rings (SSSR count). The average Bonchev–Trinajstić information content (AvgIpc) is 2.29. The van der Waals surface area contributed by atoms with Crippen molar-refractivity contribution in [1.29, 1.82) is 0 Å². The van der Waals surface area contributed by atoms with E-state index in [-0.39, 0.29) is 24.4 Å². The van der Waals surface area contributed by atoms with Crippen LogP contribution in [-0.4, -0.2) is 28.6 Å². The van der Waals surface area contributed by atoms with Crippen LogP contribution in [0.15, 0.2) is 18.2 Å². The van der Waals surface area contributed by atoms with Gasteiger partial charge >= 0.3 is 0 Å². The first-order valence-corrected chi connectivity index (χ1v) is 4.98. The minimum Gasteiger partial charge on any atom is -0.478 e. The lowest BCUT2D eigenvalue weighted by Crippen LogP contribution is -2.37. The number of nitro groups is 1. The quantitative estimate of drug-likeness (QED) is 0.595. The molecule has 17 heavy (non-hydrogen) atoms. The van der Waals surface area contributed by atoms with Crippen LogP contribution in [-0.2, 0) is 4.79 Å². The molecule has 1 aromatic rings. The maximum Gasteiger partial charge on any atom is 0.271 e. The van der Waals surface area contributed by atoms with Gasteiger partial charge in [-0.2, -0.15) is 0 Å². The van der Waals surface area contributed by atoms with Gasteiger partial charge in [0.15, 0.2) is 6.10 Å². The van der Waals surface area contributed by atoms with E-state index in [9.17, 15) is 14.9 Å². The molecule has 0 saturated carbocycles. The third-order valence-corrected chi connectivity index (χ3v) is 2.38. The predicted octanol–water partition coefficient (Wildman–Crippen LogP) is 0.677. The van der Waals surface area contributed by atoms with E-state index in [0.29, 0.717) is 5.75 Å². The molecule has 0 saturated heterocycles. The molecule has 0 fully saturated rings. The number of ether oxygens (including phenoxy) is 1. The van der Waals surface area contributed by atoms with E-state index in [4.69, 9.17) is 9.84 Å². The number of nitrogens with zero attached hydrogens (tertiary/aromatic N) is 1. The van der Waals surface area contributed by atoms with Gasteiger partial charge in [-0.15, -0.1) is 0 Å². The summed E-state index contributed by atoms with van der Waals surface area (Å²) in [6.45, 7) is -0.166. The number of amides is 1. The predicted molar refractivity (Wildman–Crippen MR) is 57.8 cm³/mol. The van der Waals surface area contributed by atoms with Gasteiger partial charge in [0.25, 0.3) is 11.6 Å². The van der Waals surface area contributed by atoms with Gasteiger partial charge in [-0.05, 0) is 6.07 Å². The van der Waals surface area contributed by atoms with Crippen LogP contribution in [0.4, 0.5) is 11.4 Å². The highest BCUT2D eigenvalue weighted by atomic mass is 16.6. The number of nitrogens with one attached hydrogen (secondary N) is 1. The molecule has 2 N–H and O–H groups in total. The highest BCUT2D eigenvalue weighted by molar-refractivity contribution is 5.98. The van der Waals surface area contributed by atoms with Crippen molar-refractivity contribution in [3.63, 3.8) is 0 Å². The zero-order valence-electron chi connectivity index (χ0n) is 8.75. The van der Waals surface area contributed by atoms with E-state index in [2.05, 4.69) is 5.32 Å². The van der Waals surface area contributed by atoms with Gasteiger partial charge in [0.1, 0.15) is 5.75 Å². The lowest BCUT2D eigenvalue weighted by molar-refractivity contribution is -0.384. The van der Waals surface area contributed by atoms with Crippen LogP contribution in [0.3, 0.4) is 0 Å². The Bertz CT molecular complexity index is 474. The molecule has 7 nitrogen and oxygen atoms in total. The summed E-state index contributed by atoms with van der Waals surface area (Å²) in [5.74, 6) is -0.0410. The van der Waals surface area contributed by atoms with Crippen molar-refractivity contribution in [2.24, 2.45) is 0 Å². The van der Waals surface area contributed by atoms with E-state index in [1.54, 1.807) is 0 Å². The number of benzene rings is 1. The third-order valence-electron chi connectivity index (χ3n) is 2.38. The summed E-state index contributed by atoms with van der Waals surface area (Å²) in [6.07, 6.45) is -0.573. The first kappa shape index (κ1) is 11.3. The van der Waals surface area contributed by atoms with Gasteiger partial charge in [-0.25, -0.2) is 0 Å². The maximum atomic E-state index is 11.5. The second kappa shape index (κ2) is 4.38. The van der Waals surface area contributed by atoms with Crippen molar-refractivity contribution >= 4 is 17.3 Å². The van der Waals surface area contributed by atoms with E-state index in [1.807, 2.05) is 0 Å². The molecule has 1 aromatic carbocycles. The Balaban J connectivity index is 2.28. The summed E-state index contributed by atoms with van der Waals surface area (Å²) < 4.78 is 5.32. The maximum absolute atomic E-state index is 11.5. The highest BCUT2D eigenvalue weighted by Crippen LogP contribution is 2.33. The van der Waals surface area contributed by atoms with Crippen LogP contribution in [0, 0.1) is 10.1 Å². The highest BCUT2D eigenvalue weighted by Gasteiger charge is 2.28. The van der Waals surface area contributed by atoms with Crippen LogP contribution in [0.2, 0.25) is 0 Å². The van der Waals surface area contributed by atoms with E-state index in [0.717, 1.165) is 0 Å². The number of aliphatic hydroxyl groups excluding tert-OH is 1. The summed E-state index contributed by atoms with van der Waals surface area (Å²) in [4.78, 5) is 21.5. The molecule has 0 aliphatic carbocycles. The molecular weight excluding hydrogens is 228 g/mol. The lowest BCUT2D eigenvalue weighted by atomic mass is 10.1. The van der Waals surface area contributed by atoms with E-state index >= 15 is 0 Å². The number of carbonyl (C=O) groups excluding carboxylic acids is 1. The molecule has 0 radical (unpaired) electrons. The molecule has 0 bridgehead atoms. The van der Waals surface area contributed by atoms with Crippen LogP contribution >= 0.6 is 0 Å². The molecule has 1 aliphatic rings. The fourth-order valence-corrected chi connectivity index (χ4v) is 1.56. The normalized spacial score (nSPS) is 17.9. The molecule has 0 unspecified atom stereocenters. The number of carbonyl (C=O) groups is 1. The molecule has 1 atom stereocenters. The Kier molecular flexibility index (Phi) is 2.92.